The average molecular weight is 370 g/mol. The van der Waals surface area contributed by atoms with Gasteiger partial charge >= 0.3 is 0 Å². The van der Waals surface area contributed by atoms with Gasteiger partial charge in [-0.25, -0.2) is 8.42 Å². The second kappa shape index (κ2) is 6.13. The van der Waals surface area contributed by atoms with Crippen LogP contribution in [0.4, 0.5) is 5.69 Å². The summed E-state index contributed by atoms with van der Waals surface area (Å²) in [6.45, 7) is 1.83. The van der Waals surface area contributed by atoms with Crippen molar-refractivity contribution in [3.05, 3.63) is 52.8 Å². The first-order chi connectivity index (χ1) is 9.84. The van der Waals surface area contributed by atoms with E-state index in [-0.39, 0.29) is 10.9 Å². The zero-order valence-corrected chi connectivity index (χ0v) is 14.1. The topological polar surface area (TPSA) is 76.3 Å². The van der Waals surface area contributed by atoms with E-state index in [1.165, 1.54) is 16.4 Å². The number of hydrogen-bond acceptors (Lipinski definition) is 4. The Morgan fingerprint density at radius 2 is 1.86 bits per heavy atom. The first kappa shape index (κ1) is 15.9. The van der Waals surface area contributed by atoms with Crippen molar-refractivity contribution in [1.82, 2.24) is 9.29 Å². The van der Waals surface area contributed by atoms with E-state index in [2.05, 4.69) is 20.9 Å². The van der Waals surface area contributed by atoms with E-state index in [1.807, 2.05) is 6.92 Å². The molecule has 2 rings (SSSR count). The third-order valence-corrected chi connectivity index (χ3v) is 5.99. The maximum Gasteiger partial charge on any atom is 0.243 e. The first-order valence-corrected chi connectivity index (χ1v) is 8.50. The van der Waals surface area contributed by atoms with E-state index in [1.54, 1.807) is 37.6 Å². The summed E-state index contributed by atoms with van der Waals surface area (Å²) in [5, 5.41) is 0. The first-order valence-electron chi connectivity index (χ1n) is 6.27. The summed E-state index contributed by atoms with van der Waals surface area (Å²) in [7, 11) is -2.04. The van der Waals surface area contributed by atoms with Gasteiger partial charge in [-0.2, -0.15) is 4.31 Å². The van der Waals surface area contributed by atoms with Gasteiger partial charge < -0.3 is 5.73 Å². The Kier molecular flexibility index (Phi) is 4.65. The van der Waals surface area contributed by atoms with Crippen molar-refractivity contribution in [3.8, 4) is 0 Å². The Morgan fingerprint density at radius 3 is 2.43 bits per heavy atom. The zero-order chi connectivity index (χ0) is 15.6. The van der Waals surface area contributed by atoms with E-state index in [9.17, 15) is 8.42 Å². The second-order valence-corrected chi connectivity index (χ2v) is 7.51. The lowest BCUT2D eigenvalue weighted by Crippen LogP contribution is -2.29. The van der Waals surface area contributed by atoms with Gasteiger partial charge in [-0.15, -0.1) is 0 Å². The summed E-state index contributed by atoms with van der Waals surface area (Å²) >= 11 is 3.25. The van der Waals surface area contributed by atoms with Crippen LogP contribution in [0.2, 0.25) is 0 Å². The number of nitrogens with two attached hydrogens (primary N) is 1. The van der Waals surface area contributed by atoms with E-state index in [0.29, 0.717) is 10.2 Å². The number of hydrogen-bond donors (Lipinski definition) is 1. The molecule has 0 saturated heterocycles. The molecule has 1 atom stereocenters. The molecule has 5 nitrogen and oxygen atoms in total. The molecule has 0 spiro atoms. The summed E-state index contributed by atoms with van der Waals surface area (Å²) in [4.78, 5) is 4.14. The van der Waals surface area contributed by atoms with Gasteiger partial charge in [-0.05, 0) is 58.7 Å². The quantitative estimate of drug-likeness (QED) is 0.840. The van der Waals surface area contributed by atoms with Crippen molar-refractivity contribution in [1.29, 1.82) is 0 Å². The molecule has 0 radical (unpaired) electrons. The number of anilines is 1. The van der Waals surface area contributed by atoms with E-state index >= 15 is 0 Å². The van der Waals surface area contributed by atoms with Crippen LogP contribution in [0, 0.1) is 0 Å². The minimum atomic E-state index is -3.60. The third kappa shape index (κ3) is 3.25. The molecule has 112 valence electrons. The van der Waals surface area contributed by atoms with Crippen molar-refractivity contribution < 1.29 is 8.42 Å². The molecule has 2 N–H and O–H groups in total. The van der Waals surface area contributed by atoms with E-state index in [4.69, 9.17) is 5.73 Å². The second-order valence-electron chi connectivity index (χ2n) is 4.66. The van der Waals surface area contributed by atoms with Gasteiger partial charge in [0.1, 0.15) is 0 Å². The highest BCUT2D eigenvalue weighted by Gasteiger charge is 2.26. The van der Waals surface area contributed by atoms with Gasteiger partial charge in [0.25, 0.3) is 0 Å². The number of nitrogens with zero attached hydrogens (tertiary/aromatic N) is 2. The van der Waals surface area contributed by atoms with Gasteiger partial charge in [0.05, 0.1) is 4.90 Å². The highest BCUT2D eigenvalue weighted by molar-refractivity contribution is 9.10. The predicted octanol–water partition coefficient (Wildman–Crippen LogP) is 2.81. The lowest BCUT2D eigenvalue weighted by Gasteiger charge is -2.24. The van der Waals surface area contributed by atoms with Gasteiger partial charge in [0.15, 0.2) is 0 Å². The van der Waals surface area contributed by atoms with Crippen molar-refractivity contribution >= 4 is 31.6 Å². The molecule has 0 aliphatic heterocycles. The third-order valence-electron chi connectivity index (χ3n) is 3.38. The highest BCUT2D eigenvalue weighted by atomic mass is 79.9. The molecule has 0 amide bonds. The monoisotopic (exact) mass is 369 g/mol. The van der Waals surface area contributed by atoms with Crippen LogP contribution in [0.1, 0.15) is 18.5 Å². The number of pyridine rings is 1. The Morgan fingerprint density at radius 1 is 1.24 bits per heavy atom. The van der Waals surface area contributed by atoms with Crippen LogP contribution in [0.5, 0.6) is 0 Å². The normalized spacial score (nSPS) is 13.3. The van der Waals surface area contributed by atoms with Crippen LogP contribution in [0.25, 0.3) is 0 Å². The maximum atomic E-state index is 12.7. The van der Waals surface area contributed by atoms with Crippen LogP contribution in [-0.4, -0.2) is 24.8 Å². The number of aromatic nitrogens is 1. The van der Waals surface area contributed by atoms with Gasteiger partial charge in [0, 0.05) is 35.6 Å². The van der Waals surface area contributed by atoms with Crippen molar-refractivity contribution in [3.63, 3.8) is 0 Å². The largest absolute Gasteiger partial charge is 0.398 e. The molecule has 1 aromatic carbocycles. The summed E-state index contributed by atoms with van der Waals surface area (Å²) in [5.74, 6) is 0. The maximum absolute atomic E-state index is 12.7. The Bertz CT molecular complexity index is 735. The van der Waals surface area contributed by atoms with Gasteiger partial charge in [-0.1, -0.05) is 0 Å². The lowest BCUT2D eigenvalue weighted by molar-refractivity contribution is 0.398. The molecule has 21 heavy (non-hydrogen) atoms. The summed E-state index contributed by atoms with van der Waals surface area (Å²) in [6.07, 6.45) is 3.29. The molecule has 0 bridgehead atoms. The summed E-state index contributed by atoms with van der Waals surface area (Å²) < 4.78 is 27.2. The van der Waals surface area contributed by atoms with E-state index in [0.717, 1.165) is 5.56 Å². The number of nitrogen functional groups attached to an aromatic ring is 1. The fourth-order valence-corrected chi connectivity index (χ4v) is 3.80. The van der Waals surface area contributed by atoms with Crippen molar-refractivity contribution in [2.75, 3.05) is 12.8 Å². The number of rotatable bonds is 4. The molecule has 1 unspecified atom stereocenters. The van der Waals surface area contributed by atoms with Crippen LogP contribution in [0.3, 0.4) is 0 Å². The van der Waals surface area contributed by atoms with Crippen LogP contribution in [0.15, 0.2) is 52.1 Å². The number of sulfonamides is 1. The number of halogens is 1. The molecule has 1 heterocycles. The SMILES string of the molecule is CC(c1ccncc1)N(C)S(=O)(=O)c1ccc(N)c(Br)c1. The van der Waals surface area contributed by atoms with Crippen LogP contribution in [-0.2, 0) is 10.0 Å². The van der Waals surface area contributed by atoms with Crippen LogP contribution >= 0.6 is 15.9 Å². The Hall–Kier alpha value is -1.44. The smallest absolute Gasteiger partial charge is 0.243 e. The van der Waals surface area contributed by atoms with Crippen molar-refractivity contribution in [2.45, 2.75) is 17.9 Å². The summed E-state index contributed by atoms with van der Waals surface area (Å²) in [6, 6.07) is 7.90. The van der Waals surface area contributed by atoms with E-state index < -0.39 is 10.0 Å². The molecular formula is C14H16BrN3O2S. The van der Waals surface area contributed by atoms with Gasteiger partial charge in [-0.3, -0.25) is 4.98 Å². The molecule has 0 saturated carbocycles. The Labute approximate surface area is 133 Å². The lowest BCUT2D eigenvalue weighted by atomic mass is 10.1. The standard InChI is InChI=1S/C14H16BrN3O2S/c1-10(11-5-7-17-8-6-11)18(2)21(19,20)12-3-4-14(16)13(15)9-12/h3-10H,16H2,1-2H3. The minimum absolute atomic E-state index is 0.201. The van der Waals surface area contributed by atoms with Gasteiger partial charge in [0.2, 0.25) is 10.0 Å². The Balaban J connectivity index is 2.36. The minimum Gasteiger partial charge on any atom is -0.398 e. The molecular weight excluding hydrogens is 354 g/mol. The molecule has 0 aliphatic rings. The molecule has 0 fully saturated rings. The van der Waals surface area contributed by atoms with Crippen molar-refractivity contribution in [2.24, 2.45) is 0 Å². The van der Waals surface area contributed by atoms with Crippen LogP contribution < -0.4 is 5.73 Å². The average Bonchev–Trinajstić information content (AvgIpc) is 2.49. The molecule has 7 heteroatoms. The highest BCUT2D eigenvalue weighted by Crippen LogP contribution is 2.28. The molecule has 0 aliphatic carbocycles. The fourth-order valence-electron chi connectivity index (χ4n) is 1.89. The molecule has 1 aromatic heterocycles. The summed E-state index contributed by atoms with van der Waals surface area (Å²) in [5.41, 5.74) is 7.08. The number of benzene rings is 1. The fraction of sp³-hybridized carbons (Fsp3) is 0.214. The predicted molar refractivity (Wildman–Crippen MR) is 86.2 cm³/mol. The molecule has 2 aromatic rings. The zero-order valence-electron chi connectivity index (χ0n) is 11.7.